The fraction of sp³-hybridized carbons (Fsp3) is 0.516. The largest absolute Gasteiger partial charge is 0.311 e. The molecule has 0 atom stereocenters. The minimum atomic E-state index is 0.0758. The molecule has 0 N–H and O–H groups in total. The third kappa shape index (κ3) is 6.38. The van der Waals surface area contributed by atoms with Gasteiger partial charge in [-0.3, -0.25) is 0 Å². The van der Waals surface area contributed by atoms with Crippen LogP contribution in [0.4, 0.5) is 34.1 Å². The van der Waals surface area contributed by atoms with Gasteiger partial charge in [0.25, 0.3) is 6.71 Å². The zero-order valence-electron chi connectivity index (χ0n) is 42.3. The molecule has 0 saturated heterocycles. The van der Waals surface area contributed by atoms with Crippen molar-refractivity contribution < 1.29 is 0 Å². The molecule has 0 aromatic heterocycles. The Hall–Kier alpha value is -4.24. The molecular formula is C62H75BN2. The van der Waals surface area contributed by atoms with Crippen LogP contribution in [0, 0.1) is 30.1 Å². The molecule has 336 valence electrons. The van der Waals surface area contributed by atoms with Gasteiger partial charge in [-0.15, -0.1) is 0 Å². The smallest absolute Gasteiger partial charge is 0.252 e. The normalized spacial score (nSPS) is 26.1. The van der Waals surface area contributed by atoms with Gasteiger partial charge in [-0.1, -0.05) is 119 Å². The molecule has 0 unspecified atom stereocenters. The lowest BCUT2D eigenvalue weighted by atomic mass is 9.32. The van der Waals surface area contributed by atoms with E-state index in [-0.39, 0.29) is 39.2 Å². The predicted octanol–water partition coefficient (Wildman–Crippen LogP) is 14.6. The van der Waals surface area contributed by atoms with Crippen molar-refractivity contribution in [1.29, 1.82) is 0 Å². The first-order valence-electron chi connectivity index (χ1n) is 25.8. The molecule has 4 fully saturated rings. The van der Waals surface area contributed by atoms with Crippen molar-refractivity contribution in [3.8, 4) is 0 Å². The summed E-state index contributed by atoms with van der Waals surface area (Å²) >= 11 is 0. The zero-order valence-corrected chi connectivity index (χ0v) is 42.3. The highest BCUT2D eigenvalue weighted by molar-refractivity contribution is 7.00. The maximum absolute atomic E-state index is 2.79. The molecular weight excluding hydrogens is 784 g/mol. The summed E-state index contributed by atoms with van der Waals surface area (Å²) < 4.78 is 0. The molecule has 5 aromatic carbocycles. The standard InChI is InChI=1S/C62H75BN2/c1-37-22-44(58(5,6)7)16-19-51(37)65-52-27-42-36-59(8,9)35-41(42)26-49(52)63-50-30-47-48(61(12,13)21-20-60(47,10)11)31-53(50)64(46-17-14-43(15-18-46)57(2,3)4)54-28-45(29-55(65)56(54)63)62-32-38-23-39(33-62)25-40(24-38)34-62/h14-19,22,26-31,38-40H,20-21,23-25,32-36H2,1-13H3. The molecule has 3 heteroatoms. The Balaban J connectivity index is 1.21. The number of fused-ring (bicyclic) bond motifs is 6. The monoisotopic (exact) mass is 859 g/mol. The van der Waals surface area contributed by atoms with Gasteiger partial charge in [-0.25, -0.2) is 0 Å². The highest BCUT2D eigenvalue weighted by atomic mass is 15.2. The maximum atomic E-state index is 2.79. The van der Waals surface area contributed by atoms with E-state index in [2.05, 4.69) is 179 Å². The van der Waals surface area contributed by atoms with Crippen LogP contribution in [0.2, 0.25) is 0 Å². The summed E-state index contributed by atoms with van der Waals surface area (Å²) in [7, 11) is 0. The first-order valence-corrected chi connectivity index (χ1v) is 25.8. The zero-order chi connectivity index (χ0) is 45.5. The van der Waals surface area contributed by atoms with E-state index in [4.69, 9.17) is 0 Å². The quantitative estimate of drug-likeness (QED) is 0.163. The van der Waals surface area contributed by atoms with Gasteiger partial charge in [-0.05, 0) is 225 Å². The summed E-state index contributed by atoms with van der Waals surface area (Å²) in [6.45, 7) is 31.7. The van der Waals surface area contributed by atoms with Crippen LogP contribution < -0.4 is 26.2 Å². The molecule has 6 aliphatic carbocycles. The Morgan fingerprint density at radius 1 is 0.523 bits per heavy atom. The number of anilines is 6. The second kappa shape index (κ2) is 13.5. The molecule has 8 aliphatic rings. The van der Waals surface area contributed by atoms with Crippen LogP contribution in [0.1, 0.15) is 179 Å². The van der Waals surface area contributed by atoms with Gasteiger partial charge >= 0.3 is 0 Å². The van der Waals surface area contributed by atoms with E-state index in [1.807, 2.05) is 0 Å². The highest BCUT2D eigenvalue weighted by Crippen LogP contribution is 2.62. The van der Waals surface area contributed by atoms with E-state index in [0.29, 0.717) is 0 Å². The SMILES string of the molecule is Cc1cc(C(C)(C)C)ccc1N1c2cc3c(cc2B2c4cc5c(cc4N(c4ccc(C(C)(C)C)cc4)c4cc(C67CC8CC(CC(C8)C6)C7)cc1c42)C(C)(C)CCC5(C)C)CC(C)(C)C3. The summed E-state index contributed by atoms with van der Waals surface area (Å²) in [5, 5.41) is 0. The summed E-state index contributed by atoms with van der Waals surface area (Å²) in [5.74, 6) is 2.61. The van der Waals surface area contributed by atoms with Gasteiger partial charge in [0.2, 0.25) is 0 Å². The Labute approximate surface area is 393 Å². The van der Waals surface area contributed by atoms with Crippen molar-refractivity contribution in [2.24, 2.45) is 23.2 Å². The van der Waals surface area contributed by atoms with Crippen LogP contribution in [0.3, 0.4) is 0 Å². The first-order chi connectivity index (χ1) is 30.5. The van der Waals surface area contributed by atoms with E-state index in [1.54, 1.807) is 27.8 Å². The van der Waals surface area contributed by atoms with Gasteiger partial charge < -0.3 is 9.80 Å². The number of rotatable bonds is 3. The van der Waals surface area contributed by atoms with Crippen molar-refractivity contribution in [3.63, 3.8) is 0 Å². The molecule has 5 aromatic rings. The fourth-order valence-corrected chi connectivity index (χ4v) is 15.4. The van der Waals surface area contributed by atoms with Crippen molar-refractivity contribution in [2.45, 2.75) is 181 Å². The average Bonchev–Trinajstić information content (AvgIpc) is 3.53. The third-order valence-electron chi connectivity index (χ3n) is 18.6. The van der Waals surface area contributed by atoms with E-state index >= 15 is 0 Å². The molecule has 4 bridgehead atoms. The van der Waals surface area contributed by atoms with Gasteiger partial charge in [0.05, 0.1) is 0 Å². The van der Waals surface area contributed by atoms with E-state index < -0.39 is 0 Å². The molecule has 2 nitrogen and oxygen atoms in total. The van der Waals surface area contributed by atoms with E-state index in [1.165, 1.54) is 119 Å². The number of aryl methyl sites for hydroxylation is 1. The summed E-state index contributed by atoms with van der Waals surface area (Å²) in [6.07, 6.45) is 13.1. The molecule has 13 rings (SSSR count). The van der Waals surface area contributed by atoms with Crippen molar-refractivity contribution in [2.75, 3.05) is 9.80 Å². The first kappa shape index (κ1) is 42.1. The second-order valence-electron chi connectivity index (χ2n) is 27.2. The molecule has 0 amide bonds. The van der Waals surface area contributed by atoms with E-state index in [9.17, 15) is 0 Å². The molecule has 2 heterocycles. The predicted molar refractivity (Wildman–Crippen MR) is 279 cm³/mol. The lowest BCUT2D eigenvalue weighted by Gasteiger charge is -2.57. The minimum absolute atomic E-state index is 0.0758. The summed E-state index contributed by atoms with van der Waals surface area (Å²) in [4.78, 5) is 5.56. The number of benzene rings is 5. The Kier molecular flexibility index (Phi) is 8.74. The number of nitrogens with zero attached hydrogens (tertiary/aromatic N) is 2. The number of hydrogen-bond acceptors (Lipinski definition) is 2. The van der Waals surface area contributed by atoms with E-state index in [0.717, 1.165) is 30.6 Å². The second-order valence-corrected chi connectivity index (χ2v) is 27.2. The Morgan fingerprint density at radius 3 is 1.60 bits per heavy atom. The molecule has 65 heavy (non-hydrogen) atoms. The van der Waals surface area contributed by atoms with Gasteiger partial charge in [0.15, 0.2) is 0 Å². The van der Waals surface area contributed by atoms with Crippen LogP contribution in [0.15, 0.2) is 78.9 Å². The fourth-order valence-electron chi connectivity index (χ4n) is 15.4. The minimum Gasteiger partial charge on any atom is -0.311 e. The van der Waals surface area contributed by atoms with Crippen molar-refractivity contribution in [3.05, 3.63) is 123 Å². The van der Waals surface area contributed by atoms with Crippen molar-refractivity contribution in [1.82, 2.24) is 0 Å². The van der Waals surface area contributed by atoms with Gasteiger partial charge in [0, 0.05) is 34.1 Å². The molecule has 0 spiro atoms. The summed E-state index contributed by atoms with van der Waals surface area (Å²) in [5.41, 5.74) is 25.6. The lowest BCUT2D eigenvalue weighted by molar-refractivity contribution is -0.00514. The average molecular weight is 859 g/mol. The Bertz CT molecular complexity index is 2780. The topological polar surface area (TPSA) is 6.48 Å². The van der Waals surface area contributed by atoms with Crippen LogP contribution in [-0.2, 0) is 39.9 Å². The lowest BCUT2D eigenvalue weighted by Crippen LogP contribution is -2.62. The third-order valence-corrected chi connectivity index (χ3v) is 18.6. The molecule has 2 aliphatic heterocycles. The van der Waals surface area contributed by atoms with Crippen molar-refractivity contribution >= 4 is 57.2 Å². The van der Waals surface area contributed by atoms with Crippen LogP contribution >= 0.6 is 0 Å². The molecule has 4 saturated carbocycles. The van der Waals surface area contributed by atoms with Crippen LogP contribution in [0.5, 0.6) is 0 Å². The van der Waals surface area contributed by atoms with Crippen LogP contribution in [-0.4, -0.2) is 6.71 Å². The molecule has 0 radical (unpaired) electrons. The summed E-state index contributed by atoms with van der Waals surface area (Å²) in [6, 6.07) is 33.6. The van der Waals surface area contributed by atoms with Crippen LogP contribution in [0.25, 0.3) is 0 Å². The van der Waals surface area contributed by atoms with Gasteiger partial charge in [0.1, 0.15) is 0 Å². The number of hydrogen-bond donors (Lipinski definition) is 0. The van der Waals surface area contributed by atoms with Gasteiger partial charge in [-0.2, -0.15) is 0 Å². The maximum Gasteiger partial charge on any atom is 0.252 e. The highest BCUT2D eigenvalue weighted by Gasteiger charge is 2.54. The Morgan fingerprint density at radius 2 is 1.03 bits per heavy atom.